The Kier molecular flexibility index (Phi) is 5.01. The van der Waals surface area contributed by atoms with E-state index in [1.165, 1.54) is 5.56 Å². The van der Waals surface area contributed by atoms with Gasteiger partial charge in [-0.2, -0.15) is 0 Å². The lowest BCUT2D eigenvalue weighted by Gasteiger charge is -2.32. The highest BCUT2D eigenvalue weighted by Gasteiger charge is 2.31. The molecular weight excluding hydrogens is 310 g/mol. The molecule has 3 rings (SSSR count). The molecule has 0 aromatic heterocycles. The van der Waals surface area contributed by atoms with E-state index < -0.39 is 6.61 Å². The van der Waals surface area contributed by atoms with Crippen molar-refractivity contribution in [2.24, 2.45) is 5.73 Å². The van der Waals surface area contributed by atoms with E-state index in [2.05, 4.69) is 0 Å². The van der Waals surface area contributed by atoms with Gasteiger partial charge in [0, 0.05) is 25.3 Å². The van der Waals surface area contributed by atoms with Crippen LogP contribution in [0.2, 0.25) is 0 Å². The standard InChI is InChI=1S/C17H23N3O4/c18-9-15-10-20(17(23)24-15)14-3-1-12(2-4-14)13-5-7-19(8-6-13)16(22)11-21/h1-4,13,15,21H,5-11,18H2/t15-/m0/s1. The van der Waals surface area contributed by atoms with Gasteiger partial charge in [0.2, 0.25) is 5.91 Å². The molecule has 0 aliphatic carbocycles. The van der Waals surface area contributed by atoms with Gasteiger partial charge in [-0.3, -0.25) is 9.69 Å². The molecule has 7 heteroatoms. The van der Waals surface area contributed by atoms with E-state index >= 15 is 0 Å². The van der Waals surface area contributed by atoms with Gasteiger partial charge < -0.3 is 20.5 Å². The largest absolute Gasteiger partial charge is 0.443 e. The maximum Gasteiger partial charge on any atom is 0.414 e. The normalized spacial score (nSPS) is 21.9. The highest BCUT2D eigenvalue weighted by atomic mass is 16.6. The summed E-state index contributed by atoms with van der Waals surface area (Å²) in [5.41, 5.74) is 7.57. The summed E-state index contributed by atoms with van der Waals surface area (Å²) < 4.78 is 5.17. The van der Waals surface area contributed by atoms with Crippen LogP contribution in [0.15, 0.2) is 24.3 Å². The van der Waals surface area contributed by atoms with Gasteiger partial charge >= 0.3 is 6.09 Å². The van der Waals surface area contributed by atoms with Crippen molar-refractivity contribution < 1.29 is 19.4 Å². The maximum absolute atomic E-state index is 11.8. The zero-order valence-electron chi connectivity index (χ0n) is 13.6. The third-order valence-corrected chi connectivity index (χ3v) is 4.80. The van der Waals surface area contributed by atoms with Gasteiger partial charge in [0.25, 0.3) is 0 Å². The first-order chi connectivity index (χ1) is 11.6. The number of hydrogen-bond donors (Lipinski definition) is 2. The summed E-state index contributed by atoms with van der Waals surface area (Å²) in [4.78, 5) is 26.7. The second-order valence-corrected chi connectivity index (χ2v) is 6.26. The Labute approximate surface area is 141 Å². The quantitative estimate of drug-likeness (QED) is 0.844. The molecule has 2 fully saturated rings. The summed E-state index contributed by atoms with van der Waals surface area (Å²) in [7, 11) is 0. The van der Waals surface area contributed by atoms with Crippen LogP contribution in [0.1, 0.15) is 24.3 Å². The van der Waals surface area contributed by atoms with Crippen molar-refractivity contribution in [3.63, 3.8) is 0 Å². The van der Waals surface area contributed by atoms with E-state index in [9.17, 15) is 9.59 Å². The number of piperidine rings is 1. The minimum Gasteiger partial charge on any atom is -0.443 e. The van der Waals surface area contributed by atoms with Crippen LogP contribution in [0, 0.1) is 0 Å². The smallest absolute Gasteiger partial charge is 0.414 e. The van der Waals surface area contributed by atoms with Gasteiger partial charge in [-0.15, -0.1) is 0 Å². The van der Waals surface area contributed by atoms with Crippen LogP contribution >= 0.6 is 0 Å². The molecule has 0 saturated carbocycles. The number of carbonyl (C=O) groups excluding carboxylic acids is 2. The van der Waals surface area contributed by atoms with Crippen molar-refractivity contribution in [1.29, 1.82) is 0 Å². The van der Waals surface area contributed by atoms with Crippen molar-refractivity contribution in [3.8, 4) is 0 Å². The van der Waals surface area contributed by atoms with E-state index in [4.69, 9.17) is 15.6 Å². The van der Waals surface area contributed by atoms with Crippen molar-refractivity contribution in [1.82, 2.24) is 4.90 Å². The van der Waals surface area contributed by atoms with Crippen LogP contribution in [0.4, 0.5) is 10.5 Å². The van der Waals surface area contributed by atoms with Crippen LogP contribution in [-0.4, -0.2) is 60.9 Å². The second-order valence-electron chi connectivity index (χ2n) is 6.26. The average molecular weight is 333 g/mol. The van der Waals surface area contributed by atoms with Crippen LogP contribution in [0.5, 0.6) is 0 Å². The predicted octanol–water partition coefficient (Wildman–Crippen LogP) is 0.669. The number of benzene rings is 1. The third-order valence-electron chi connectivity index (χ3n) is 4.80. The van der Waals surface area contributed by atoms with Gasteiger partial charge in [0.05, 0.1) is 6.54 Å². The van der Waals surface area contributed by atoms with Crippen LogP contribution in [0.3, 0.4) is 0 Å². The van der Waals surface area contributed by atoms with E-state index in [0.29, 0.717) is 32.1 Å². The predicted molar refractivity (Wildman–Crippen MR) is 88.8 cm³/mol. The number of hydrogen-bond acceptors (Lipinski definition) is 5. The molecule has 0 spiro atoms. The molecule has 1 aromatic carbocycles. The Morgan fingerprint density at radius 2 is 1.92 bits per heavy atom. The first-order valence-corrected chi connectivity index (χ1v) is 8.29. The fourth-order valence-corrected chi connectivity index (χ4v) is 3.34. The summed E-state index contributed by atoms with van der Waals surface area (Å²) >= 11 is 0. The van der Waals surface area contributed by atoms with Gasteiger partial charge in [-0.25, -0.2) is 4.79 Å². The molecule has 1 aromatic rings. The number of rotatable bonds is 4. The molecule has 1 atom stereocenters. The number of cyclic esters (lactones) is 1. The van der Waals surface area contributed by atoms with Crippen molar-refractivity contribution in [2.45, 2.75) is 24.9 Å². The third kappa shape index (κ3) is 3.37. The van der Waals surface area contributed by atoms with Gasteiger partial charge in [0.1, 0.15) is 12.7 Å². The van der Waals surface area contributed by atoms with Gasteiger partial charge in [0.15, 0.2) is 0 Å². The number of anilines is 1. The summed E-state index contributed by atoms with van der Waals surface area (Å²) in [6, 6.07) is 7.93. The number of carbonyl (C=O) groups is 2. The van der Waals surface area contributed by atoms with E-state index in [1.807, 2.05) is 24.3 Å². The Bertz CT molecular complexity index is 596. The van der Waals surface area contributed by atoms with Crippen LogP contribution < -0.4 is 10.6 Å². The lowest BCUT2D eigenvalue weighted by molar-refractivity contribution is -0.135. The molecule has 2 heterocycles. The Morgan fingerprint density at radius 1 is 1.25 bits per heavy atom. The molecule has 2 amide bonds. The molecule has 0 bridgehead atoms. The zero-order chi connectivity index (χ0) is 17.1. The maximum atomic E-state index is 11.8. The Hall–Kier alpha value is -2.12. The first-order valence-electron chi connectivity index (χ1n) is 8.29. The molecular formula is C17H23N3O4. The zero-order valence-corrected chi connectivity index (χ0v) is 13.6. The SMILES string of the molecule is NC[C@H]1CN(c2ccc(C3CCN(C(=O)CO)CC3)cc2)C(=O)O1. The number of amides is 2. The molecule has 2 aliphatic heterocycles. The molecule has 0 unspecified atom stereocenters. The van der Waals surface area contributed by atoms with Crippen LogP contribution in [-0.2, 0) is 9.53 Å². The summed E-state index contributed by atoms with van der Waals surface area (Å²) in [6.07, 6.45) is 1.16. The first kappa shape index (κ1) is 16.7. The summed E-state index contributed by atoms with van der Waals surface area (Å²) in [5.74, 6) is 0.190. The van der Waals surface area contributed by atoms with E-state index in [-0.39, 0.29) is 18.1 Å². The number of ether oxygens (including phenoxy) is 1. The number of nitrogens with zero attached hydrogens (tertiary/aromatic N) is 2. The number of aliphatic hydroxyl groups excluding tert-OH is 1. The minimum atomic E-state index is -0.422. The van der Waals surface area contributed by atoms with Gasteiger partial charge in [-0.05, 0) is 36.5 Å². The molecule has 7 nitrogen and oxygen atoms in total. The molecule has 2 aliphatic rings. The lowest BCUT2D eigenvalue weighted by Crippen LogP contribution is -2.39. The fraction of sp³-hybridized carbons (Fsp3) is 0.529. The molecule has 24 heavy (non-hydrogen) atoms. The summed E-state index contributed by atoms with van der Waals surface area (Å²) in [6.45, 7) is 1.72. The van der Waals surface area contributed by atoms with E-state index in [1.54, 1.807) is 9.80 Å². The molecule has 3 N–H and O–H groups in total. The lowest BCUT2D eigenvalue weighted by atomic mass is 9.89. The van der Waals surface area contributed by atoms with E-state index in [0.717, 1.165) is 18.5 Å². The average Bonchev–Trinajstić information content (AvgIpc) is 3.02. The number of likely N-dealkylation sites (tertiary alicyclic amines) is 1. The Balaban J connectivity index is 1.61. The van der Waals surface area contributed by atoms with Crippen molar-refractivity contribution in [3.05, 3.63) is 29.8 Å². The van der Waals surface area contributed by atoms with Crippen LogP contribution in [0.25, 0.3) is 0 Å². The highest BCUT2D eigenvalue weighted by Crippen LogP contribution is 2.30. The number of nitrogens with two attached hydrogens (primary N) is 1. The monoisotopic (exact) mass is 333 g/mol. The fourth-order valence-electron chi connectivity index (χ4n) is 3.34. The van der Waals surface area contributed by atoms with Gasteiger partial charge in [-0.1, -0.05) is 12.1 Å². The number of aliphatic hydroxyl groups is 1. The molecule has 2 saturated heterocycles. The van der Waals surface area contributed by atoms with Crippen molar-refractivity contribution >= 4 is 17.7 Å². The minimum absolute atomic E-state index is 0.203. The second kappa shape index (κ2) is 7.19. The highest BCUT2D eigenvalue weighted by molar-refractivity contribution is 5.89. The van der Waals surface area contributed by atoms with Crippen molar-refractivity contribution in [2.75, 3.05) is 37.7 Å². The summed E-state index contributed by atoms with van der Waals surface area (Å²) in [5, 5.41) is 8.92. The topological polar surface area (TPSA) is 96.1 Å². The molecule has 130 valence electrons. The Morgan fingerprint density at radius 3 is 2.46 bits per heavy atom. The molecule has 0 radical (unpaired) electrons.